The third-order valence-electron chi connectivity index (χ3n) is 3.43. The fourth-order valence-electron chi connectivity index (χ4n) is 1.97. The van der Waals surface area contributed by atoms with Gasteiger partial charge in [0.15, 0.2) is 0 Å². The van der Waals surface area contributed by atoms with Gasteiger partial charge in [-0.1, -0.05) is 55.7 Å². The lowest BCUT2D eigenvalue weighted by atomic mass is 10.0. The van der Waals surface area contributed by atoms with E-state index in [1.807, 2.05) is 19.2 Å². The van der Waals surface area contributed by atoms with Gasteiger partial charge in [-0.3, -0.25) is 0 Å². The smallest absolute Gasteiger partial charge is 0.0648 e. The first-order chi connectivity index (χ1) is 10.2. The number of benzene rings is 1. The Bertz CT molecular complexity index is 476. The summed E-state index contributed by atoms with van der Waals surface area (Å²) in [5.74, 6) is 0. The second kappa shape index (κ2) is 10.1. The fourth-order valence-corrected chi connectivity index (χ4v) is 1.97. The standard InChI is InChI=1S/C19H27NO/c1-5-18-12-11-17(14-19(18)6-2)10-8-7-9-13-21-15-16(3)20-4/h5-7,9,11-12,14,16,20H,1-2,8,10,13,15H2,3-4H3/b9-7+. The Morgan fingerprint density at radius 2 is 1.95 bits per heavy atom. The monoisotopic (exact) mass is 285 g/mol. The van der Waals surface area contributed by atoms with Crippen LogP contribution in [0.3, 0.4) is 0 Å². The summed E-state index contributed by atoms with van der Waals surface area (Å²) in [5.41, 5.74) is 3.61. The lowest BCUT2D eigenvalue weighted by Crippen LogP contribution is -2.26. The van der Waals surface area contributed by atoms with Crippen LogP contribution in [-0.4, -0.2) is 26.3 Å². The van der Waals surface area contributed by atoms with Crippen LogP contribution in [0, 0.1) is 0 Å². The Balaban J connectivity index is 2.32. The van der Waals surface area contributed by atoms with Gasteiger partial charge in [0.05, 0.1) is 13.2 Å². The Labute approximate surface area is 129 Å². The van der Waals surface area contributed by atoms with Gasteiger partial charge in [0.2, 0.25) is 0 Å². The molecule has 0 aliphatic rings. The second-order valence-electron chi connectivity index (χ2n) is 5.11. The van der Waals surface area contributed by atoms with Crippen molar-refractivity contribution in [2.45, 2.75) is 25.8 Å². The van der Waals surface area contributed by atoms with Crippen LogP contribution >= 0.6 is 0 Å². The van der Waals surface area contributed by atoms with Crippen LogP contribution in [0.5, 0.6) is 0 Å². The molecule has 1 N–H and O–H groups in total. The molecule has 1 unspecified atom stereocenters. The highest BCUT2D eigenvalue weighted by Gasteiger charge is 1.98. The molecular formula is C19H27NO. The van der Waals surface area contributed by atoms with Crippen molar-refractivity contribution in [1.29, 1.82) is 0 Å². The van der Waals surface area contributed by atoms with Crippen molar-refractivity contribution in [2.24, 2.45) is 0 Å². The summed E-state index contributed by atoms with van der Waals surface area (Å²) in [7, 11) is 1.94. The van der Waals surface area contributed by atoms with E-state index in [9.17, 15) is 0 Å². The molecule has 0 heterocycles. The Hall–Kier alpha value is -1.64. The SMILES string of the molecule is C=Cc1ccc(CC/C=C/COCC(C)NC)cc1C=C. The zero-order chi connectivity index (χ0) is 15.5. The zero-order valence-electron chi connectivity index (χ0n) is 13.3. The summed E-state index contributed by atoms with van der Waals surface area (Å²) in [5, 5.41) is 3.14. The van der Waals surface area contributed by atoms with Crippen LogP contribution in [0.1, 0.15) is 30.0 Å². The van der Waals surface area contributed by atoms with E-state index in [1.54, 1.807) is 0 Å². The summed E-state index contributed by atoms with van der Waals surface area (Å²) >= 11 is 0. The number of allylic oxidation sites excluding steroid dienone is 1. The number of likely N-dealkylation sites (N-methyl/N-ethyl adjacent to an activating group) is 1. The van der Waals surface area contributed by atoms with Gasteiger partial charge in [-0.15, -0.1) is 0 Å². The molecule has 0 aliphatic carbocycles. The molecule has 0 saturated carbocycles. The first-order valence-corrected chi connectivity index (χ1v) is 7.49. The minimum Gasteiger partial charge on any atom is -0.376 e. The highest BCUT2D eigenvalue weighted by molar-refractivity contribution is 5.64. The largest absolute Gasteiger partial charge is 0.376 e. The maximum absolute atomic E-state index is 5.53. The molecule has 0 aliphatic heterocycles. The Morgan fingerprint density at radius 1 is 1.19 bits per heavy atom. The minimum absolute atomic E-state index is 0.402. The third-order valence-corrected chi connectivity index (χ3v) is 3.43. The molecule has 0 aromatic heterocycles. The van der Waals surface area contributed by atoms with E-state index in [2.05, 4.69) is 55.7 Å². The molecular weight excluding hydrogens is 258 g/mol. The summed E-state index contributed by atoms with van der Waals surface area (Å²) in [6, 6.07) is 6.84. The molecule has 0 fully saturated rings. The predicted molar refractivity (Wildman–Crippen MR) is 93.4 cm³/mol. The van der Waals surface area contributed by atoms with Crippen molar-refractivity contribution in [3.8, 4) is 0 Å². The summed E-state index contributed by atoms with van der Waals surface area (Å²) in [6.07, 6.45) is 10.1. The minimum atomic E-state index is 0.402. The topological polar surface area (TPSA) is 21.3 Å². The Kier molecular flexibility index (Phi) is 8.41. The van der Waals surface area contributed by atoms with Gasteiger partial charge >= 0.3 is 0 Å². The number of nitrogens with one attached hydrogen (secondary N) is 1. The van der Waals surface area contributed by atoms with Gasteiger partial charge in [-0.05, 0) is 43.5 Å². The van der Waals surface area contributed by atoms with Gasteiger partial charge in [0.25, 0.3) is 0 Å². The van der Waals surface area contributed by atoms with Gasteiger partial charge in [0, 0.05) is 6.04 Å². The molecule has 0 spiro atoms. The molecule has 1 aromatic carbocycles. The normalized spacial score (nSPS) is 12.5. The molecule has 1 aromatic rings. The molecule has 0 radical (unpaired) electrons. The first kappa shape index (κ1) is 17.4. The molecule has 21 heavy (non-hydrogen) atoms. The van der Waals surface area contributed by atoms with Crippen molar-refractivity contribution in [3.05, 3.63) is 60.2 Å². The van der Waals surface area contributed by atoms with Crippen LogP contribution in [0.4, 0.5) is 0 Å². The van der Waals surface area contributed by atoms with Crippen LogP contribution in [0.15, 0.2) is 43.5 Å². The molecule has 1 rings (SSSR count). The summed E-state index contributed by atoms with van der Waals surface area (Å²) < 4.78 is 5.53. The molecule has 2 heteroatoms. The lowest BCUT2D eigenvalue weighted by molar-refractivity contribution is 0.143. The van der Waals surface area contributed by atoms with Crippen LogP contribution in [0.2, 0.25) is 0 Å². The molecule has 0 saturated heterocycles. The first-order valence-electron chi connectivity index (χ1n) is 7.49. The van der Waals surface area contributed by atoms with E-state index < -0.39 is 0 Å². The average Bonchev–Trinajstić information content (AvgIpc) is 2.53. The van der Waals surface area contributed by atoms with Crippen LogP contribution < -0.4 is 5.32 Å². The second-order valence-corrected chi connectivity index (χ2v) is 5.11. The number of rotatable bonds is 10. The number of ether oxygens (including phenoxy) is 1. The fraction of sp³-hybridized carbons (Fsp3) is 0.368. The number of aryl methyl sites for hydroxylation is 1. The van der Waals surface area contributed by atoms with E-state index in [4.69, 9.17) is 4.74 Å². The lowest BCUT2D eigenvalue weighted by Gasteiger charge is -2.08. The summed E-state index contributed by atoms with van der Waals surface area (Å²) in [4.78, 5) is 0. The molecule has 114 valence electrons. The average molecular weight is 285 g/mol. The van der Waals surface area contributed by atoms with Crippen LogP contribution in [0.25, 0.3) is 12.2 Å². The number of hydrogen-bond acceptors (Lipinski definition) is 2. The van der Waals surface area contributed by atoms with Gasteiger partial charge in [0.1, 0.15) is 0 Å². The zero-order valence-corrected chi connectivity index (χ0v) is 13.3. The van der Waals surface area contributed by atoms with E-state index in [0.29, 0.717) is 12.6 Å². The molecule has 2 nitrogen and oxygen atoms in total. The highest BCUT2D eigenvalue weighted by atomic mass is 16.5. The number of hydrogen-bond donors (Lipinski definition) is 1. The van der Waals surface area contributed by atoms with Crippen molar-refractivity contribution in [1.82, 2.24) is 5.32 Å². The maximum Gasteiger partial charge on any atom is 0.0648 e. The van der Waals surface area contributed by atoms with Crippen molar-refractivity contribution in [2.75, 3.05) is 20.3 Å². The van der Waals surface area contributed by atoms with Gasteiger partial charge < -0.3 is 10.1 Å². The van der Waals surface area contributed by atoms with E-state index in [0.717, 1.165) is 30.6 Å². The van der Waals surface area contributed by atoms with E-state index in [-0.39, 0.29) is 0 Å². The van der Waals surface area contributed by atoms with Gasteiger partial charge in [-0.25, -0.2) is 0 Å². The van der Waals surface area contributed by atoms with Crippen molar-refractivity contribution in [3.63, 3.8) is 0 Å². The maximum atomic E-state index is 5.53. The predicted octanol–water partition coefficient (Wildman–Crippen LogP) is 4.09. The molecule has 0 amide bonds. The quantitative estimate of drug-likeness (QED) is 0.516. The Morgan fingerprint density at radius 3 is 2.62 bits per heavy atom. The van der Waals surface area contributed by atoms with E-state index >= 15 is 0 Å². The molecule has 0 bridgehead atoms. The summed E-state index contributed by atoms with van der Waals surface area (Å²) in [6.45, 7) is 11.2. The van der Waals surface area contributed by atoms with Crippen molar-refractivity contribution >= 4 is 12.2 Å². The van der Waals surface area contributed by atoms with Gasteiger partial charge in [-0.2, -0.15) is 0 Å². The van der Waals surface area contributed by atoms with Crippen molar-refractivity contribution < 1.29 is 4.74 Å². The van der Waals surface area contributed by atoms with Crippen LogP contribution in [-0.2, 0) is 11.2 Å². The highest BCUT2D eigenvalue weighted by Crippen LogP contribution is 2.16. The molecule has 1 atom stereocenters. The third kappa shape index (κ3) is 6.56. The van der Waals surface area contributed by atoms with E-state index in [1.165, 1.54) is 5.56 Å².